The van der Waals surface area contributed by atoms with Gasteiger partial charge in [-0.25, -0.2) is 0 Å². The van der Waals surface area contributed by atoms with Gasteiger partial charge in [0.2, 0.25) is 5.91 Å². The second-order valence-electron chi connectivity index (χ2n) is 4.72. The molecule has 0 radical (unpaired) electrons. The van der Waals surface area contributed by atoms with Gasteiger partial charge in [0, 0.05) is 24.7 Å². The smallest absolute Gasteiger partial charge is 0.242 e. The molecule has 1 amide bonds. The number of halogens is 1. The number of carbonyl (C=O) groups is 1. The summed E-state index contributed by atoms with van der Waals surface area (Å²) in [7, 11) is 1.82. The minimum atomic E-state index is 0.0856. The van der Waals surface area contributed by atoms with Gasteiger partial charge in [-0.3, -0.25) is 4.79 Å². The van der Waals surface area contributed by atoms with Gasteiger partial charge in [-0.15, -0.1) is 0 Å². The number of carbonyl (C=O) groups excluding carboxylic acids is 1. The van der Waals surface area contributed by atoms with Gasteiger partial charge in [-0.1, -0.05) is 23.7 Å². The SMILES string of the molecule is CC(C)N(C)C(=O)Cn1ccc2cccc(Cl)c21. The van der Waals surface area contributed by atoms with E-state index < -0.39 is 0 Å². The van der Waals surface area contributed by atoms with Crippen LogP contribution in [0.3, 0.4) is 0 Å². The third-order valence-electron chi connectivity index (χ3n) is 3.21. The van der Waals surface area contributed by atoms with E-state index in [2.05, 4.69) is 0 Å². The minimum absolute atomic E-state index is 0.0856. The highest BCUT2D eigenvalue weighted by Gasteiger charge is 2.14. The topological polar surface area (TPSA) is 25.2 Å². The van der Waals surface area contributed by atoms with E-state index in [1.54, 1.807) is 4.90 Å². The zero-order chi connectivity index (χ0) is 13.3. The normalized spacial score (nSPS) is 11.2. The lowest BCUT2D eigenvalue weighted by molar-refractivity contribution is -0.131. The molecular weight excluding hydrogens is 248 g/mol. The van der Waals surface area contributed by atoms with Crippen molar-refractivity contribution in [3.8, 4) is 0 Å². The van der Waals surface area contributed by atoms with Crippen LogP contribution in [0.4, 0.5) is 0 Å². The van der Waals surface area contributed by atoms with Crippen molar-refractivity contribution in [2.75, 3.05) is 7.05 Å². The Morgan fingerprint density at radius 3 is 2.78 bits per heavy atom. The molecule has 0 saturated carbocycles. The van der Waals surface area contributed by atoms with E-state index in [-0.39, 0.29) is 11.9 Å². The van der Waals surface area contributed by atoms with Gasteiger partial charge < -0.3 is 9.47 Å². The highest BCUT2D eigenvalue weighted by atomic mass is 35.5. The first-order valence-corrected chi connectivity index (χ1v) is 6.37. The van der Waals surface area contributed by atoms with E-state index in [1.165, 1.54) is 0 Å². The molecule has 0 aliphatic rings. The standard InChI is InChI=1S/C14H17ClN2O/c1-10(2)16(3)13(18)9-17-8-7-11-5-4-6-12(15)14(11)17/h4-8,10H,9H2,1-3H3. The summed E-state index contributed by atoms with van der Waals surface area (Å²) in [5.74, 6) is 0.0856. The quantitative estimate of drug-likeness (QED) is 0.836. The predicted octanol–water partition coefficient (Wildman–Crippen LogP) is 3.16. The summed E-state index contributed by atoms with van der Waals surface area (Å²) in [4.78, 5) is 13.8. The first-order chi connectivity index (χ1) is 8.50. The van der Waals surface area contributed by atoms with E-state index in [4.69, 9.17) is 11.6 Å². The van der Waals surface area contributed by atoms with Crippen LogP contribution in [-0.2, 0) is 11.3 Å². The van der Waals surface area contributed by atoms with Crippen molar-refractivity contribution < 1.29 is 4.79 Å². The molecule has 0 unspecified atom stereocenters. The molecule has 0 fully saturated rings. The molecule has 0 spiro atoms. The summed E-state index contributed by atoms with van der Waals surface area (Å²) in [5, 5.41) is 1.74. The molecule has 3 nitrogen and oxygen atoms in total. The molecule has 0 bridgehead atoms. The van der Waals surface area contributed by atoms with Crippen LogP contribution < -0.4 is 0 Å². The largest absolute Gasteiger partial charge is 0.342 e. The number of nitrogens with zero attached hydrogens (tertiary/aromatic N) is 2. The van der Waals surface area contributed by atoms with Gasteiger partial charge in [0.25, 0.3) is 0 Å². The van der Waals surface area contributed by atoms with Gasteiger partial charge in [0.1, 0.15) is 6.54 Å². The summed E-state index contributed by atoms with van der Waals surface area (Å²) >= 11 is 6.18. The van der Waals surface area contributed by atoms with Crippen molar-refractivity contribution in [2.45, 2.75) is 26.4 Å². The number of likely N-dealkylation sites (N-methyl/N-ethyl adjacent to an activating group) is 1. The summed E-state index contributed by atoms with van der Waals surface area (Å²) in [5.41, 5.74) is 0.921. The summed E-state index contributed by atoms with van der Waals surface area (Å²) in [6.07, 6.45) is 1.91. The van der Waals surface area contributed by atoms with Gasteiger partial charge in [-0.2, -0.15) is 0 Å². The number of benzene rings is 1. The molecule has 1 heterocycles. The van der Waals surface area contributed by atoms with Gasteiger partial charge >= 0.3 is 0 Å². The molecule has 2 aromatic rings. The van der Waals surface area contributed by atoms with Crippen molar-refractivity contribution in [3.05, 3.63) is 35.5 Å². The first-order valence-electron chi connectivity index (χ1n) is 5.99. The Bertz CT molecular complexity index is 574. The zero-order valence-corrected chi connectivity index (χ0v) is 11.6. The lowest BCUT2D eigenvalue weighted by atomic mass is 10.2. The predicted molar refractivity (Wildman–Crippen MR) is 74.9 cm³/mol. The lowest BCUT2D eigenvalue weighted by Gasteiger charge is -2.22. The van der Waals surface area contributed by atoms with Gasteiger partial charge in [0.15, 0.2) is 0 Å². The Hall–Kier alpha value is -1.48. The molecule has 0 aliphatic carbocycles. The fourth-order valence-electron chi connectivity index (χ4n) is 1.89. The molecule has 2 rings (SSSR count). The molecule has 0 atom stereocenters. The number of amides is 1. The van der Waals surface area contributed by atoms with Crippen LogP contribution >= 0.6 is 11.6 Å². The van der Waals surface area contributed by atoms with Crippen LogP contribution in [0.1, 0.15) is 13.8 Å². The highest BCUT2D eigenvalue weighted by Crippen LogP contribution is 2.24. The molecular formula is C14H17ClN2O. The second kappa shape index (κ2) is 5.02. The third-order valence-corrected chi connectivity index (χ3v) is 3.52. The third kappa shape index (κ3) is 2.36. The molecule has 1 aromatic heterocycles. The van der Waals surface area contributed by atoms with Crippen LogP contribution in [0.25, 0.3) is 10.9 Å². The van der Waals surface area contributed by atoms with Crippen molar-refractivity contribution in [1.29, 1.82) is 0 Å². The Morgan fingerprint density at radius 1 is 1.39 bits per heavy atom. The maximum atomic E-state index is 12.1. The van der Waals surface area contributed by atoms with Crippen LogP contribution in [0.2, 0.25) is 5.02 Å². The summed E-state index contributed by atoms with van der Waals surface area (Å²) in [6, 6.07) is 7.93. The van der Waals surface area contributed by atoms with Crippen molar-refractivity contribution >= 4 is 28.4 Å². The maximum Gasteiger partial charge on any atom is 0.242 e. The van der Waals surface area contributed by atoms with Crippen LogP contribution in [0.5, 0.6) is 0 Å². The number of hydrogen-bond donors (Lipinski definition) is 0. The number of aromatic nitrogens is 1. The van der Waals surface area contributed by atoms with Crippen LogP contribution in [-0.4, -0.2) is 28.5 Å². The molecule has 0 saturated heterocycles. The average molecular weight is 265 g/mol. The van der Waals surface area contributed by atoms with Gasteiger partial charge in [-0.05, 0) is 26.0 Å². The number of hydrogen-bond acceptors (Lipinski definition) is 1. The number of fused-ring (bicyclic) bond motifs is 1. The average Bonchev–Trinajstić information content (AvgIpc) is 2.72. The lowest BCUT2D eigenvalue weighted by Crippen LogP contribution is -2.35. The van der Waals surface area contributed by atoms with Crippen molar-refractivity contribution in [2.24, 2.45) is 0 Å². The first kappa shape index (κ1) is 13.0. The van der Waals surface area contributed by atoms with E-state index in [0.29, 0.717) is 11.6 Å². The van der Waals surface area contributed by atoms with E-state index in [1.807, 2.05) is 55.9 Å². The fourth-order valence-corrected chi connectivity index (χ4v) is 2.18. The Kier molecular flexibility index (Phi) is 3.62. The fraction of sp³-hybridized carbons (Fsp3) is 0.357. The summed E-state index contributed by atoms with van der Waals surface area (Å²) in [6.45, 7) is 4.32. The highest BCUT2D eigenvalue weighted by molar-refractivity contribution is 6.35. The zero-order valence-electron chi connectivity index (χ0n) is 10.9. The Labute approximate surface area is 112 Å². The molecule has 96 valence electrons. The van der Waals surface area contributed by atoms with E-state index in [0.717, 1.165) is 10.9 Å². The van der Waals surface area contributed by atoms with Crippen LogP contribution in [0.15, 0.2) is 30.5 Å². The van der Waals surface area contributed by atoms with E-state index >= 15 is 0 Å². The molecule has 0 N–H and O–H groups in total. The molecule has 4 heteroatoms. The Morgan fingerprint density at radius 2 is 2.11 bits per heavy atom. The Balaban J connectivity index is 2.30. The van der Waals surface area contributed by atoms with Gasteiger partial charge in [0.05, 0.1) is 10.5 Å². The monoisotopic (exact) mass is 264 g/mol. The van der Waals surface area contributed by atoms with Crippen LogP contribution in [0, 0.1) is 0 Å². The molecule has 18 heavy (non-hydrogen) atoms. The van der Waals surface area contributed by atoms with Crippen molar-refractivity contribution in [3.63, 3.8) is 0 Å². The molecule has 0 aliphatic heterocycles. The summed E-state index contributed by atoms with van der Waals surface area (Å²) < 4.78 is 1.90. The van der Waals surface area contributed by atoms with E-state index in [9.17, 15) is 4.79 Å². The molecule has 1 aromatic carbocycles. The van der Waals surface area contributed by atoms with Crippen molar-refractivity contribution in [1.82, 2.24) is 9.47 Å². The second-order valence-corrected chi connectivity index (χ2v) is 5.13. The number of rotatable bonds is 3. The number of para-hydroxylation sites is 1. The maximum absolute atomic E-state index is 12.1. The minimum Gasteiger partial charge on any atom is -0.342 e.